The second kappa shape index (κ2) is 8.46. The maximum Gasteiger partial charge on any atom is 0.164 e. The Bertz CT molecular complexity index is 407. The molecule has 0 spiro atoms. The number of carbonyl (C=O) groups is 1. The van der Waals surface area contributed by atoms with E-state index in [1.165, 1.54) is 0 Å². The minimum absolute atomic E-state index is 0.185. The lowest BCUT2D eigenvalue weighted by Crippen LogP contribution is -2.35. The molecule has 3 nitrogen and oxygen atoms in total. The summed E-state index contributed by atoms with van der Waals surface area (Å²) in [6.07, 6.45) is 0.540. The van der Waals surface area contributed by atoms with E-state index in [-0.39, 0.29) is 5.78 Å². The van der Waals surface area contributed by atoms with Crippen LogP contribution in [-0.4, -0.2) is 43.5 Å². The number of hydrogen-bond acceptors (Lipinski definition) is 3. The van der Waals surface area contributed by atoms with Crippen LogP contribution in [0.2, 0.25) is 0 Å². The average Bonchev–Trinajstić information content (AvgIpc) is 2.38. The van der Waals surface area contributed by atoms with E-state index in [0.717, 1.165) is 23.1 Å². The largest absolute Gasteiger partial charge is 0.383 e. The molecule has 0 aliphatic rings. The number of benzene rings is 1. The van der Waals surface area contributed by atoms with Gasteiger partial charge in [0.15, 0.2) is 5.78 Å². The van der Waals surface area contributed by atoms with Gasteiger partial charge in [-0.1, -0.05) is 28.1 Å². The summed E-state index contributed by atoms with van der Waals surface area (Å²) in [6, 6.07) is 7.97. The van der Waals surface area contributed by atoms with Gasteiger partial charge in [0.25, 0.3) is 0 Å². The molecule has 0 unspecified atom stereocenters. The topological polar surface area (TPSA) is 29.5 Å². The average molecular weight is 328 g/mol. The van der Waals surface area contributed by atoms with Crippen LogP contribution >= 0.6 is 15.9 Å². The van der Waals surface area contributed by atoms with Crippen molar-refractivity contribution >= 4 is 21.7 Å². The highest BCUT2D eigenvalue weighted by atomic mass is 79.9. The quantitative estimate of drug-likeness (QED) is 0.685. The van der Waals surface area contributed by atoms with E-state index in [9.17, 15) is 4.79 Å². The third-order valence-electron chi connectivity index (χ3n) is 3.09. The van der Waals surface area contributed by atoms with Gasteiger partial charge in [0, 0.05) is 42.7 Å². The minimum Gasteiger partial charge on any atom is -0.383 e. The van der Waals surface area contributed by atoms with Crippen LogP contribution in [0.1, 0.15) is 30.6 Å². The smallest absolute Gasteiger partial charge is 0.164 e. The molecule has 0 fully saturated rings. The summed E-state index contributed by atoms with van der Waals surface area (Å²) in [4.78, 5) is 14.4. The lowest BCUT2D eigenvalue weighted by molar-refractivity contribution is 0.0927. The molecule has 0 aliphatic carbocycles. The summed E-state index contributed by atoms with van der Waals surface area (Å²) in [5, 5.41) is 0. The van der Waals surface area contributed by atoms with Gasteiger partial charge < -0.3 is 4.74 Å². The van der Waals surface area contributed by atoms with E-state index in [2.05, 4.69) is 34.7 Å². The van der Waals surface area contributed by atoms with Crippen molar-refractivity contribution in [2.45, 2.75) is 26.3 Å². The molecule has 0 saturated heterocycles. The maximum atomic E-state index is 12.1. The minimum atomic E-state index is 0.185. The number of nitrogens with zero attached hydrogens (tertiary/aromatic N) is 1. The Balaban J connectivity index is 2.52. The molecule has 19 heavy (non-hydrogen) atoms. The summed E-state index contributed by atoms with van der Waals surface area (Å²) < 4.78 is 6.04. The van der Waals surface area contributed by atoms with Gasteiger partial charge in [-0.2, -0.15) is 0 Å². The van der Waals surface area contributed by atoms with Gasteiger partial charge in [0.2, 0.25) is 0 Å². The molecule has 4 heteroatoms. The number of carbonyl (C=O) groups excluding carboxylic acids is 1. The van der Waals surface area contributed by atoms with Gasteiger partial charge in [-0.25, -0.2) is 0 Å². The number of hydrogen-bond donors (Lipinski definition) is 0. The molecule has 0 aromatic heterocycles. The number of Topliss-reactive ketones (excluding diaryl/α,β-unsaturated/α-hetero) is 1. The predicted molar refractivity (Wildman–Crippen MR) is 81.7 cm³/mol. The fourth-order valence-corrected chi connectivity index (χ4v) is 2.29. The Hall–Kier alpha value is -0.710. The Kier molecular flexibility index (Phi) is 7.28. The summed E-state index contributed by atoms with van der Waals surface area (Å²) in [5.41, 5.74) is 0.768. The standard InChI is InChI=1S/C15H22BrNO2/c1-12(2)17(9-10-19-3)8-7-15(18)13-5-4-6-14(16)11-13/h4-6,11-12H,7-10H2,1-3H3. The van der Waals surface area contributed by atoms with Crippen LogP contribution in [0, 0.1) is 0 Å². The predicted octanol–water partition coefficient (Wildman–Crippen LogP) is 3.38. The molecular formula is C15H22BrNO2. The van der Waals surface area contributed by atoms with E-state index in [1.54, 1.807) is 7.11 Å². The van der Waals surface area contributed by atoms with Crippen LogP contribution in [0.25, 0.3) is 0 Å². The molecule has 1 rings (SSSR count). The van der Waals surface area contributed by atoms with Crippen LogP contribution in [0.4, 0.5) is 0 Å². The second-order valence-electron chi connectivity index (χ2n) is 4.81. The third kappa shape index (κ3) is 5.85. The monoisotopic (exact) mass is 327 g/mol. The number of ether oxygens (including phenoxy) is 1. The Morgan fingerprint density at radius 2 is 2.11 bits per heavy atom. The first-order valence-electron chi connectivity index (χ1n) is 6.56. The molecule has 0 radical (unpaired) electrons. The second-order valence-corrected chi connectivity index (χ2v) is 5.72. The van der Waals surface area contributed by atoms with Gasteiger partial charge >= 0.3 is 0 Å². The highest BCUT2D eigenvalue weighted by Gasteiger charge is 2.12. The van der Waals surface area contributed by atoms with Crippen molar-refractivity contribution in [1.29, 1.82) is 0 Å². The highest BCUT2D eigenvalue weighted by molar-refractivity contribution is 9.10. The third-order valence-corrected chi connectivity index (χ3v) is 3.58. The number of rotatable bonds is 8. The van der Waals surface area contributed by atoms with E-state index < -0.39 is 0 Å². The maximum absolute atomic E-state index is 12.1. The van der Waals surface area contributed by atoms with Crippen molar-refractivity contribution in [2.75, 3.05) is 26.8 Å². The number of methoxy groups -OCH3 is 1. The summed E-state index contributed by atoms with van der Waals surface area (Å²) in [5.74, 6) is 0.185. The molecule has 0 saturated carbocycles. The molecule has 0 atom stereocenters. The molecule has 0 amide bonds. The van der Waals surface area contributed by atoms with E-state index in [0.29, 0.717) is 19.1 Å². The van der Waals surface area contributed by atoms with Gasteiger partial charge in [-0.05, 0) is 26.0 Å². The molecule has 0 bridgehead atoms. The lowest BCUT2D eigenvalue weighted by atomic mass is 10.1. The van der Waals surface area contributed by atoms with Crippen molar-refractivity contribution < 1.29 is 9.53 Å². The zero-order chi connectivity index (χ0) is 14.3. The SMILES string of the molecule is COCCN(CCC(=O)c1cccc(Br)c1)C(C)C. The fourth-order valence-electron chi connectivity index (χ4n) is 1.89. The number of ketones is 1. The Labute approximate surface area is 124 Å². The van der Waals surface area contributed by atoms with Gasteiger partial charge in [-0.3, -0.25) is 9.69 Å². The molecule has 0 heterocycles. The fraction of sp³-hybridized carbons (Fsp3) is 0.533. The molecule has 1 aromatic rings. The molecule has 106 valence electrons. The van der Waals surface area contributed by atoms with Crippen LogP contribution in [0.15, 0.2) is 28.7 Å². The first kappa shape index (κ1) is 16.3. The van der Waals surface area contributed by atoms with Gasteiger partial charge in [0.1, 0.15) is 0 Å². The molecule has 1 aromatic carbocycles. The highest BCUT2D eigenvalue weighted by Crippen LogP contribution is 2.13. The first-order valence-corrected chi connectivity index (χ1v) is 7.35. The first-order chi connectivity index (χ1) is 9.04. The van der Waals surface area contributed by atoms with Crippen LogP contribution in [0.3, 0.4) is 0 Å². The van der Waals surface area contributed by atoms with Crippen molar-refractivity contribution in [2.24, 2.45) is 0 Å². The van der Waals surface area contributed by atoms with Crippen molar-refractivity contribution in [3.8, 4) is 0 Å². The van der Waals surface area contributed by atoms with Crippen molar-refractivity contribution in [3.05, 3.63) is 34.3 Å². The Morgan fingerprint density at radius 3 is 2.68 bits per heavy atom. The summed E-state index contributed by atoms with van der Waals surface area (Å²) in [6.45, 7) is 6.61. The molecule has 0 N–H and O–H groups in total. The molecule has 0 aliphatic heterocycles. The van der Waals surface area contributed by atoms with Crippen molar-refractivity contribution in [1.82, 2.24) is 4.90 Å². The summed E-state index contributed by atoms with van der Waals surface area (Å²) in [7, 11) is 1.70. The normalized spacial score (nSPS) is 11.3. The zero-order valence-electron chi connectivity index (χ0n) is 11.9. The summed E-state index contributed by atoms with van der Waals surface area (Å²) >= 11 is 3.39. The van der Waals surface area contributed by atoms with Gasteiger partial charge in [-0.15, -0.1) is 0 Å². The van der Waals surface area contributed by atoms with Crippen LogP contribution in [0.5, 0.6) is 0 Å². The Morgan fingerprint density at radius 1 is 1.37 bits per heavy atom. The van der Waals surface area contributed by atoms with E-state index >= 15 is 0 Å². The zero-order valence-corrected chi connectivity index (χ0v) is 13.4. The van der Waals surface area contributed by atoms with E-state index in [1.807, 2.05) is 24.3 Å². The van der Waals surface area contributed by atoms with Crippen LogP contribution < -0.4 is 0 Å². The number of halogens is 1. The van der Waals surface area contributed by atoms with Gasteiger partial charge in [0.05, 0.1) is 6.61 Å². The molecular weight excluding hydrogens is 306 g/mol. The van der Waals surface area contributed by atoms with Crippen LogP contribution in [-0.2, 0) is 4.74 Å². The van der Waals surface area contributed by atoms with E-state index in [4.69, 9.17) is 4.74 Å². The van der Waals surface area contributed by atoms with Crippen molar-refractivity contribution in [3.63, 3.8) is 0 Å². The lowest BCUT2D eigenvalue weighted by Gasteiger charge is -2.25.